The molecule has 0 radical (unpaired) electrons. The highest BCUT2D eigenvalue weighted by atomic mass is 15.3. The van der Waals surface area contributed by atoms with Gasteiger partial charge in [0.1, 0.15) is 5.82 Å². The molecule has 1 rings (SSSR count). The molecule has 19 heavy (non-hydrogen) atoms. The maximum atomic E-state index is 4.22. The van der Waals surface area contributed by atoms with Crippen molar-refractivity contribution in [1.82, 2.24) is 25.4 Å². The number of guanidine groups is 1. The summed E-state index contributed by atoms with van der Waals surface area (Å²) in [4.78, 5) is 4.22. The minimum absolute atomic E-state index is 0.625. The maximum Gasteiger partial charge on any atom is 0.191 e. The third-order valence-electron chi connectivity index (χ3n) is 3.53. The van der Waals surface area contributed by atoms with Crippen LogP contribution in [0.4, 0.5) is 0 Å². The first-order valence-electron chi connectivity index (χ1n) is 6.91. The molecule has 0 aliphatic carbocycles. The summed E-state index contributed by atoms with van der Waals surface area (Å²) in [5.41, 5.74) is 0. The molecule has 1 aromatic heterocycles. The lowest BCUT2D eigenvalue weighted by Gasteiger charge is -2.16. The Morgan fingerprint density at radius 1 is 1.26 bits per heavy atom. The molecule has 0 aromatic carbocycles. The van der Waals surface area contributed by atoms with Crippen molar-refractivity contribution in [3.8, 4) is 0 Å². The first kappa shape index (κ1) is 15.5. The van der Waals surface area contributed by atoms with Gasteiger partial charge in [0.05, 0.1) is 6.54 Å². The standard InChI is InChI=1S/C13H26N6/c1-6-11(7-2)8-15-13(14-4)16-9-12-18-17-10(3)19(12)5/h11H,6-9H2,1-5H3,(H2,14,15,16). The summed E-state index contributed by atoms with van der Waals surface area (Å²) in [5, 5.41) is 14.8. The largest absolute Gasteiger partial charge is 0.356 e. The van der Waals surface area contributed by atoms with E-state index in [1.165, 1.54) is 12.8 Å². The van der Waals surface area contributed by atoms with Crippen molar-refractivity contribution >= 4 is 5.96 Å². The Bertz CT molecular complexity index is 405. The van der Waals surface area contributed by atoms with E-state index in [-0.39, 0.29) is 0 Å². The average Bonchev–Trinajstić information content (AvgIpc) is 2.74. The minimum Gasteiger partial charge on any atom is -0.356 e. The van der Waals surface area contributed by atoms with E-state index in [0.29, 0.717) is 12.5 Å². The SMILES string of the molecule is CCC(CC)CNC(=NC)NCc1nnc(C)n1C. The van der Waals surface area contributed by atoms with E-state index in [4.69, 9.17) is 0 Å². The number of aromatic nitrogens is 3. The number of aryl methyl sites for hydroxylation is 1. The van der Waals surface area contributed by atoms with E-state index >= 15 is 0 Å². The smallest absolute Gasteiger partial charge is 0.191 e. The van der Waals surface area contributed by atoms with Crippen LogP contribution in [0.2, 0.25) is 0 Å². The number of nitrogens with one attached hydrogen (secondary N) is 2. The molecule has 2 N–H and O–H groups in total. The van der Waals surface area contributed by atoms with Crippen LogP contribution in [-0.2, 0) is 13.6 Å². The Morgan fingerprint density at radius 2 is 1.95 bits per heavy atom. The molecule has 1 heterocycles. The quantitative estimate of drug-likeness (QED) is 0.600. The fourth-order valence-corrected chi connectivity index (χ4v) is 1.81. The molecule has 0 saturated heterocycles. The van der Waals surface area contributed by atoms with E-state index < -0.39 is 0 Å². The molecule has 0 spiro atoms. The lowest BCUT2D eigenvalue weighted by Crippen LogP contribution is -2.39. The summed E-state index contributed by atoms with van der Waals surface area (Å²) in [7, 11) is 3.75. The highest BCUT2D eigenvalue weighted by molar-refractivity contribution is 5.79. The van der Waals surface area contributed by atoms with Gasteiger partial charge in [0.2, 0.25) is 0 Å². The number of hydrogen-bond acceptors (Lipinski definition) is 3. The van der Waals surface area contributed by atoms with E-state index in [2.05, 4.69) is 39.7 Å². The van der Waals surface area contributed by atoms with Gasteiger partial charge in [0, 0.05) is 20.6 Å². The maximum absolute atomic E-state index is 4.22. The van der Waals surface area contributed by atoms with Crippen LogP contribution in [-0.4, -0.2) is 34.3 Å². The van der Waals surface area contributed by atoms with Crippen molar-refractivity contribution in [2.24, 2.45) is 18.0 Å². The van der Waals surface area contributed by atoms with Gasteiger partial charge >= 0.3 is 0 Å². The first-order chi connectivity index (χ1) is 9.12. The molecule has 0 unspecified atom stereocenters. The van der Waals surface area contributed by atoms with Crippen LogP contribution in [0.25, 0.3) is 0 Å². The second-order valence-electron chi connectivity index (χ2n) is 4.71. The molecule has 108 valence electrons. The van der Waals surface area contributed by atoms with E-state index in [1.807, 2.05) is 18.5 Å². The van der Waals surface area contributed by atoms with Crippen LogP contribution < -0.4 is 10.6 Å². The third-order valence-corrected chi connectivity index (χ3v) is 3.53. The van der Waals surface area contributed by atoms with Crippen molar-refractivity contribution in [2.45, 2.75) is 40.2 Å². The van der Waals surface area contributed by atoms with Crippen molar-refractivity contribution in [1.29, 1.82) is 0 Å². The normalized spacial score (nSPS) is 12.0. The molecule has 6 heteroatoms. The highest BCUT2D eigenvalue weighted by Crippen LogP contribution is 2.04. The number of rotatable bonds is 6. The Kier molecular flexibility index (Phi) is 6.32. The van der Waals surface area contributed by atoms with Crippen LogP contribution in [0.3, 0.4) is 0 Å². The Morgan fingerprint density at radius 3 is 2.42 bits per heavy atom. The zero-order valence-electron chi connectivity index (χ0n) is 12.7. The Balaban J connectivity index is 2.43. The summed E-state index contributed by atoms with van der Waals surface area (Å²) in [6.07, 6.45) is 2.37. The molecule has 6 nitrogen and oxygen atoms in total. The molecule has 0 atom stereocenters. The monoisotopic (exact) mass is 266 g/mol. The van der Waals surface area contributed by atoms with Gasteiger partial charge in [-0.15, -0.1) is 10.2 Å². The van der Waals surface area contributed by atoms with Gasteiger partial charge in [0.25, 0.3) is 0 Å². The zero-order chi connectivity index (χ0) is 14.3. The third kappa shape index (κ3) is 4.54. The van der Waals surface area contributed by atoms with E-state index in [9.17, 15) is 0 Å². The fourth-order valence-electron chi connectivity index (χ4n) is 1.81. The fraction of sp³-hybridized carbons (Fsp3) is 0.769. The van der Waals surface area contributed by atoms with Crippen molar-refractivity contribution in [2.75, 3.05) is 13.6 Å². The number of nitrogens with zero attached hydrogens (tertiary/aromatic N) is 4. The summed E-state index contributed by atoms with van der Waals surface area (Å²) in [5.74, 6) is 3.32. The molecule has 0 amide bonds. The van der Waals surface area contributed by atoms with Gasteiger partial charge in [-0.05, 0) is 12.8 Å². The average molecular weight is 266 g/mol. The van der Waals surface area contributed by atoms with Crippen LogP contribution in [0.5, 0.6) is 0 Å². The predicted octanol–water partition coefficient (Wildman–Crippen LogP) is 1.22. The number of hydrogen-bond donors (Lipinski definition) is 2. The molecule has 0 aliphatic rings. The summed E-state index contributed by atoms with van der Waals surface area (Å²) >= 11 is 0. The summed E-state index contributed by atoms with van der Waals surface area (Å²) < 4.78 is 1.97. The van der Waals surface area contributed by atoms with Crippen LogP contribution >= 0.6 is 0 Å². The molecule has 0 saturated carbocycles. The van der Waals surface area contributed by atoms with Crippen LogP contribution in [0, 0.1) is 12.8 Å². The van der Waals surface area contributed by atoms with Crippen molar-refractivity contribution < 1.29 is 0 Å². The van der Waals surface area contributed by atoms with Gasteiger partial charge in [-0.1, -0.05) is 26.7 Å². The Labute approximate surface area is 115 Å². The predicted molar refractivity (Wildman–Crippen MR) is 78.0 cm³/mol. The highest BCUT2D eigenvalue weighted by Gasteiger charge is 2.07. The topological polar surface area (TPSA) is 67.1 Å². The van der Waals surface area contributed by atoms with Gasteiger partial charge in [-0.3, -0.25) is 4.99 Å². The van der Waals surface area contributed by atoms with Crippen molar-refractivity contribution in [3.63, 3.8) is 0 Å². The zero-order valence-corrected chi connectivity index (χ0v) is 12.7. The van der Waals surface area contributed by atoms with Gasteiger partial charge < -0.3 is 15.2 Å². The molecular formula is C13H26N6. The minimum atomic E-state index is 0.625. The van der Waals surface area contributed by atoms with Crippen molar-refractivity contribution in [3.05, 3.63) is 11.6 Å². The van der Waals surface area contributed by atoms with Gasteiger partial charge in [-0.2, -0.15) is 0 Å². The summed E-state index contributed by atoms with van der Waals surface area (Å²) in [6.45, 7) is 7.95. The molecular weight excluding hydrogens is 240 g/mol. The van der Waals surface area contributed by atoms with E-state index in [1.54, 1.807) is 7.05 Å². The lowest BCUT2D eigenvalue weighted by atomic mass is 10.0. The summed E-state index contributed by atoms with van der Waals surface area (Å²) in [6, 6.07) is 0. The van der Waals surface area contributed by atoms with Gasteiger partial charge in [-0.25, -0.2) is 0 Å². The first-order valence-corrected chi connectivity index (χ1v) is 6.91. The van der Waals surface area contributed by atoms with Gasteiger partial charge in [0.15, 0.2) is 11.8 Å². The molecule has 0 aliphatic heterocycles. The second-order valence-corrected chi connectivity index (χ2v) is 4.71. The molecule has 1 aromatic rings. The van der Waals surface area contributed by atoms with Crippen LogP contribution in [0.15, 0.2) is 4.99 Å². The molecule has 0 bridgehead atoms. The molecule has 0 fully saturated rings. The lowest BCUT2D eigenvalue weighted by molar-refractivity contribution is 0.481. The van der Waals surface area contributed by atoms with Crippen LogP contribution in [0.1, 0.15) is 38.3 Å². The Hall–Kier alpha value is -1.59. The second kappa shape index (κ2) is 7.76. The van der Waals surface area contributed by atoms with E-state index in [0.717, 1.165) is 24.2 Å². The number of aliphatic imine (C=N–C) groups is 1.